The lowest BCUT2D eigenvalue weighted by Gasteiger charge is -2.29. The van der Waals surface area contributed by atoms with Gasteiger partial charge in [0.1, 0.15) is 0 Å². The number of benzene rings is 1. The summed E-state index contributed by atoms with van der Waals surface area (Å²) in [5.41, 5.74) is 7.31. The zero-order chi connectivity index (χ0) is 11.3. The molecule has 0 amide bonds. The minimum atomic E-state index is -0.268. The molecule has 3 nitrogen and oxygen atoms in total. The summed E-state index contributed by atoms with van der Waals surface area (Å²) in [7, 11) is 2.13. The summed E-state index contributed by atoms with van der Waals surface area (Å²) in [4.78, 5) is 0. The van der Waals surface area contributed by atoms with E-state index in [0.29, 0.717) is 4.48 Å². The van der Waals surface area contributed by atoms with Gasteiger partial charge in [-0.1, -0.05) is 23.5 Å². The van der Waals surface area contributed by atoms with E-state index in [9.17, 15) is 0 Å². The first-order valence-electron chi connectivity index (χ1n) is 5.46. The molecule has 2 heterocycles. The van der Waals surface area contributed by atoms with Crippen molar-refractivity contribution < 1.29 is 4.74 Å². The minimum Gasteiger partial charge on any atom is -0.413 e. The number of thiophene rings is 1. The molecule has 0 saturated heterocycles. The standard InChI is InChI=1S/C12H15N2OS/c1-3-14(2)10-8-6-4-5-7-9(8)16-11(10)15-12(14)13/h4-7,12H,3,13H2,1-2H3/q+1/t12?,14-/m1/s1. The largest absolute Gasteiger partial charge is 0.413 e. The second-order valence-corrected chi connectivity index (χ2v) is 5.34. The molecule has 4 heteroatoms. The summed E-state index contributed by atoms with van der Waals surface area (Å²) in [6.45, 7) is 3.08. The van der Waals surface area contributed by atoms with Crippen LogP contribution in [-0.2, 0) is 0 Å². The molecule has 2 atom stereocenters. The van der Waals surface area contributed by atoms with Crippen LogP contribution < -0.4 is 15.0 Å². The summed E-state index contributed by atoms with van der Waals surface area (Å²) in [6, 6.07) is 8.41. The Balaban J connectivity index is 2.33. The van der Waals surface area contributed by atoms with Gasteiger partial charge in [-0.3, -0.25) is 0 Å². The summed E-state index contributed by atoms with van der Waals surface area (Å²) in [5, 5.41) is 2.26. The number of ether oxygens (including phenoxy) is 1. The lowest BCUT2D eigenvalue weighted by atomic mass is 10.2. The zero-order valence-corrected chi connectivity index (χ0v) is 10.3. The van der Waals surface area contributed by atoms with Gasteiger partial charge in [-0.25, -0.2) is 10.2 Å². The second-order valence-electron chi connectivity index (χ2n) is 4.33. The molecule has 1 unspecified atom stereocenters. The van der Waals surface area contributed by atoms with E-state index in [4.69, 9.17) is 10.5 Å². The van der Waals surface area contributed by atoms with E-state index in [1.807, 2.05) is 0 Å². The Hall–Kier alpha value is -1.10. The second kappa shape index (κ2) is 3.20. The molecule has 1 aliphatic heterocycles. The topological polar surface area (TPSA) is 35.2 Å². The maximum atomic E-state index is 6.07. The molecule has 1 aromatic carbocycles. The van der Waals surface area contributed by atoms with Gasteiger partial charge < -0.3 is 4.74 Å². The SMILES string of the molecule is CC[N@+]1(C)c2c(sc3ccccc23)OC1N. The molecule has 2 N–H and O–H groups in total. The van der Waals surface area contributed by atoms with E-state index in [-0.39, 0.29) is 6.35 Å². The number of fused-ring (bicyclic) bond motifs is 3. The lowest BCUT2D eigenvalue weighted by Crippen LogP contribution is -2.57. The third-order valence-electron chi connectivity index (χ3n) is 3.50. The Morgan fingerprint density at radius 1 is 1.44 bits per heavy atom. The summed E-state index contributed by atoms with van der Waals surface area (Å²) in [6.07, 6.45) is -0.268. The number of quaternary nitrogens is 1. The maximum Gasteiger partial charge on any atom is 0.297 e. The molecule has 0 fully saturated rings. The number of rotatable bonds is 1. The third-order valence-corrected chi connectivity index (χ3v) is 4.55. The molecule has 1 aromatic heterocycles. The highest BCUT2D eigenvalue weighted by Gasteiger charge is 2.45. The van der Waals surface area contributed by atoms with Crippen molar-refractivity contribution in [3.8, 4) is 5.06 Å². The highest BCUT2D eigenvalue weighted by atomic mass is 32.1. The average Bonchev–Trinajstić information content (AvgIpc) is 2.76. The van der Waals surface area contributed by atoms with E-state index < -0.39 is 0 Å². The van der Waals surface area contributed by atoms with Crippen LogP contribution >= 0.6 is 11.3 Å². The van der Waals surface area contributed by atoms with Gasteiger partial charge in [0, 0.05) is 4.70 Å². The predicted molar refractivity (Wildman–Crippen MR) is 68.7 cm³/mol. The van der Waals surface area contributed by atoms with Crippen molar-refractivity contribution in [1.82, 2.24) is 4.48 Å². The molecule has 0 radical (unpaired) electrons. The van der Waals surface area contributed by atoms with Gasteiger partial charge in [-0.15, -0.1) is 0 Å². The van der Waals surface area contributed by atoms with Gasteiger partial charge in [0.05, 0.1) is 19.0 Å². The van der Waals surface area contributed by atoms with Crippen molar-refractivity contribution in [1.29, 1.82) is 0 Å². The van der Waals surface area contributed by atoms with Crippen molar-refractivity contribution in [2.24, 2.45) is 5.73 Å². The van der Waals surface area contributed by atoms with Gasteiger partial charge in [0.25, 0.3) is 6.35 Å². The van der Waals surface area contributed by atoms with Gasteiger partial charge in [0.2, 0.25) is 5.06 Å². The quantitative estimate of drug-likeness (QED) is 0.771. The van der Waals surface area contributed by atoms with Gasteiger partial charge in [-0.2, -0.15) is 0 Å². The van der Waals surface area contributed by atoms with Crippen LogP contribution in [0.5, 0.6) is 5.06 Å². The van der Waals surface area contributed by atoms with Crippen LogP contribution in [0.4, 0.5) is 5.69 Å². The number of hydrogen-bond donors (Lipinski definition) is 1. The average molecular weight is 235 g/mol. The minimum absolute atomic E-state index is 0.268. The molecule has 0 bridgehead atoms. The predicted octanol–water partition coefficient (Wildman–Crippen LogP) is 2.49. The first kappa shape index (κ1) is 10.1. The molecule has 0 aliphatic carbocycles. The van der Waals surface area contributed by atoms with Crippen molar-refractivity contribution in [2.45, 2.75) is 13.3 Å². The number of hydrogen-bond acceptors (Lipinski definition) is 3. The molecule has 84 valence electrons. The fraction of sp³-hybridized carbons (Fsp3) is 0.333. The first-order valence-corrected chi connectivity index (χ1v) is 6.28. The van der Waals surface area contributed by atoms with E-state index in [0.717, 1.165) is 11.6 Å². The van der Waals surface area contributed by atoms with Crippen LogP contribution in [0.15, 0.2) is 24.3 Å². The molecule has 2 aromatic rings. The number of nitrogens with zero attached hydrogens (tertiary/aromatic N) is 1. The lowest BCUT2D eigenvalue weighted by molar-refractivity contribution is 0.0993. The van der Waals surface area contributed by atoms with Gasteiger partial charge in [0.15, 0.2) is 5.69 Å². The Bertz CT molecular complexity index is 551. The summed E-state index contributed by atoms with van der Waals surface area (Å²) >= 11 is 1.69. The fourth-order valence-corrected chi connectivity index (χ4v) is 3.45. The van der Waals surface area contributed by atoms with Crippen LogP contribution in [0.25, 0.3) is 10.1 Å². The van der Waals surface area contributed by atoms with Crippen molar-refractivity contribution in [3.05, 3.63) is 24.3 Å². The maximum absolute atomic E-state index is 6.07. The first-order chi connectivity index (χ1) is 7.66. The van der Waals surface area contributed by atoms with Crippen molar-refractivity contribution in [3.63, 3.8) is 0 Å². The smallest absolute Gasteiger partial charge is 0.297 e. The van der Waals surface area contributed by atoms with Crippen LogP contribution in [-0.4, -0.2) is 19.9 Å². The van der Waals surface area contributed by atoms with Gasteiger partial charge in [-0.05, 0) is 19.1 Å². The molecular weight excluding hydrogens is 220 g/mol. The van der Waals surface area contributed by atoms with E-state index in [2.05, 4.69) is 38.2 Å². The molecule has 16 heavy (non-hydrogen) atoms. The monoisotopic (exact) mass is 235 g/mol. The Morgan fingerprint density at radius 3 is 2.94 bits per heavy atom. The highest BCUT2D eigenvalue weighted by Crippen LogP contribution is 2.51. The molecule has 3 rings (SSSR count). The Labute approximate surface area is 98.6 Å². The Morgan fingerprint density at radius 2 is 2.19 bits per heavy atom. The molecule has 0 saturated carbocycles. The number of nitrogens with two attached hydrogens (primary N) is 1. The van der Waals surface area contributed by atoms with E-state index in [1.54, 1.807) is 11.3 Å². The molecular formula is C12H15N2OS+. The van der Waals surface area contributed by atoms with Crippen LogP contribution in [0.3, 0.4) is 0 Å². The van der Waals surface area contributed by atoms with Crippen molar-refractivity contribution >= 4 is 27.1 Å². The van der Waals surface area contributed by atoms with E-state index >= 15 is 0 Å². The summed E-state index contributed by atoms with van der Waals surface area (Å²) in [5.74, 6) is 0. The third kappa shape index (κ3) is 1.09. The zero-order valence-electron chi connectivity index (χ0n) is 9.43. The fourth-order valence-electron chi connectivity index (χ4n) is 2.26. The van der Waals surface area contributed by atoms with Crippen LogP contribution in [0.2, 0.25) is 0 Å². The molecule has 0 spiro atoms. The normalized spacial score (nSPS) is 28.1. The Kier molecular flexibility index (Phi) is 2.01. The summed E-state index contributed by atoms with van der Waals surface area (Å²) < 4.78 is 7.71. The van der Waals surface area contributed by atoms with Crippen LogP contribution in [0, 0.1) is 0 Å². The highest BCUT2D eigenvalue weighted by molar-refractivity contribution is 7.21. The van der Waals surface area contributed by atoms with Crippen molar-refractivity contribution in [2.75, 3.05) is 13.6 Å². The van der Waals surface area contributed by atoms with Crippen LogP contribution in [0.1, 0.15) is 6.92 Å². The van der Waals surface area contributed by atoms with E-state index in [1.165, 1.54) is 15.8 Å². The van der Waals surface area contributed by atoms with Gasteiger partial charge >= 0.3 is 0 Å². The molecule has 1 aliphatic rings.